The Morgan fingerprint density at radius 2 is 1.80 bits per heavy atom. The number of nitrogen functional groups attached to an aromatic ring is 1. The van der Waals surface area contributed by atoms with Crippen molar-refractivity contribution < 1.29 is 13.8 Å². The number of nitrogens with two attached hydrogens (primary N) is 1. The van der Waals surface area contributed by atoms with Crippen LogP contribution in [-0.2, 0) is 9.31 Å². The van der Waals surface area contributed by atoms with E-state index >= 15 is 0 Å². The molecule has 20 heavy (non-hydrogen) atoms. The molecule has 1 aliphatic heterocycles. The summed E-state index contributed by atoms with van der Waals surface area (Å²) in [6, 6.07) is 0. The average molecular weight is 279 g/mol. The largest absolute Gasteiger partial charge is 0.458 e. The van der Waals surface area contributed by atoms with E-state index in [1.54, 1.807) is 0 Å². The van der Waals surface area contributed by atoms with Crippen molar-refractivity contribution in [2.75, 3.05) is 5.73 Å². The van der Waals surface area contributed by atoms with Crippen LogP contribution >= 0.6 is 0 Å². The molecule has 0 amide bonds. The molecule has 0 aromatic carbocycles. The first-order chi connectivity index (χ1) is 9.27. The molecule has 0 bridgehead atoms. The van der Waals surface area contributed by atoms with E-state index < -0.39 is 0 Å². The highest BCUT2D eigenvalue weighted by atomic mass is 16.7. The lowest BCUT2D eigenvalue weighted by atomic mass is 9.64. The summed E-state index contributed by atoms with van der Waals surface area (Å²) < 4.78 is 17.1. The third-order valence-electron chi connectivity index (χ3n) is 4.87. The fraction of sp³-hybridized carbons (Fsp3) is 0.846. The minimum atomic E-state index is -0.248. The van der Waals surface area contributed by atoms with E-state index in [9.17, 15) is 0 Å². The molecule has 6 nitrogen and oxygen atoms in total. The molecule has 2 fully saturated rings. The van der Waals surface area contributed by atoms with Crippen LogP contribution in [0.3, 0.4) is 0 Å². The number of anilines is 1. The topological polar surface area (TPSA) is 83.4 Å². The second kappa shape index (κ2) is 4.46. The van der Waals surface area contributed by atoms with Gasteiger partial charge in [-0.1, -0.05) is 0 Å². The van der Waals surface area contributed by atoms with Crippen molar-refractivity contribution >= 4 is 13.1 Å². The molecule has 1 aromatic rings. The molecule has 110 valence electrons. The molecule has 2 heterocycles. The van der Waals surface area contributed by atoms with Crippen molar-refractivity contribution in [2.24, 2.45) is 5.92 Å². The van der Waals surface area contributed by atoms with Crippen molar-refractivity contribution in [1.82, 2.24) is 10.1 Å². The van der Waals surface area contributed by atoms with Crippen molar-refractivity contribution in [3.63, 3.8) is 0 Å². The standard InChI is InChI=1S/C13H22BN3O3/c1-12(2)13(3,4)20-14(19-12)7-8-5-9(6-8)10-16-11(15)17-18-10/h8-9H,5-7H2,1-4H3,(H2,15,17). The Kier molecular flexibility index (Phi) is 3.10. The molecule has 0 unspecified atom stereocenters. The molecule has 0 atom stereocenters. The smallest absolute Gasteiger partial charge is 0.403 e. The summed E-state index contributed by atoms with van der Waals surface area (Å²) in [4.78, 5) is 4.08. The number of nitrogens with zero attached hydrogens (tertiary/aromatic N) is 2. The zero-order valence-electron chi connectivity index (χ0n) is 12.5. The van der Waals surface area contributed by atoms with Crippen LogP contribution in [0.4, 0.5) is 5.95 Å². The molecule has 2 N–H and O–H groups in total. The van der Waals surface area contributed by atoms with Crippen LogP contribution in [0.15, 0.2) is 4.52 Å². The van der Waals surface area contributed by atoms with Gasteiger partial charge in [0, 0.05) is 5.92 Å². The first kappa shape index (κ1) is 13.9. The van der Waals surface area contributed by atoms with Gasteiger partial charge in [-0.25, -0.2) is 0 Å². The third-order valence-corrected chi connectivity index (χ3v) is 4.87. The highest BCUT2D eigenvalue weighted by molar-refractivity contribution is 6.45. The van der Waals surface area contributed by atoms with Gasteiger partial charge in [-0.15, -0.1) is 0 Å². The van der Waals surface area contributed by atoms with E-state index in [2.05, 4.69) is 37.8 Å². The van der Waals surface area contributed by atoms with Gasteiger partial charge in [0.25, 0.3) is 5.95 Å². The van der Waals surface area contributed by atoms with E-state index in [4.69, 9.17) is 19.6 Å². The first-order valence-corrected chi connectivity index (χ1v) is 7.21. The van der Waals surface area contributed by atoms with Gasteiger partial charge in [-0.3, -0.25) is 0 Å². The van der Waals surface area contributed by atoms with Crippen molar-refractivity contribution in [3.8, 4) is 0 Å². The number of aromatic nitrogens is 2. The molecular weight excluding hydrogens is 257 g/mol. The summed E-state index contributed by atoms with van der Waals surface area (Å²) >= 11 is 0. The summed E-state index contributed by atoms with van der Waals surface area (Å²) in [6.07, 6.45) is 2.99. The molecular formula is C13H22BN3O3. The van der Waals surface area contributed by atoms with Crippen LogP contribution < -0.4 is 5.73 Å². The summed E-state index contributed by atoms with van der Waals surface area (Å²) in [5.74, 6) is 1.80. The lowest BCUT2D eigenvalue weighted by molar-refractivity contribution is 0.00578. The van der Waals surface area contributed by atoms with Gasteiger partial charge in [-0.2, -0.15) is 4.98 Å². The van der Waals surface area contributed by atoms with Crippen LogP contribution in [0.2, 0.25) is 6.32 Å². The van der Waals surface area contributed by atoms with Crippen LogP contribution in [0.5, 0.6) is 0 Å². The maximum Gasteiger partial charge on any atom is 0.458 e. The second-order valence-corrected chi connectivity index (χ2v) is 6.95. The summed E-state index contributed by atoms with van der Waals surface area (Å²) in [6.45, 7) is 8.32. The van der Waals surface area contributed by atoms with E-state index in [1.807, 2.05) is 0 Å². The predicted molar refractivity (Wildman–Crippen MR) is 75.1 cm³/mol. The third kappa shape index (κ3) is 2.33. The summed E-state index contributed by atoms with van der Waals surface area (Å²) in [5, 5.41) is 3.63. The summed E-state index contributed by atoms with van der Waals surface area (Å²) in [5.41, 5.74) is 4.97. The maximum atomic E-state index is 6.02. The molecule has 0 spiro atoms. The Bertz CT molecular complexity index is 481. The highest BCUT2D eigenvalue weighted by Crippen LogP contribution is 2.46. The number of hydrogen-bond donors (Lipinski definition) is 1. The van der Waals surface area contributed by atoms with E-state index in [-0.39, 0.29) is 24.3 Å². The van der Waals surface area contributed by atoms with Crippen LogP contribution in [0.1, 0.15) is 52.3 Å². The molecule has 1 saturated carbocycles. The SMILES string of the molecule is CC1(C)OB(CC2CC(c3nc(N)no3)C2)OC1(C)C. The van der Waals surface area contributed by atoms with Gasteiger partial charge in [0.2, 0.25) is 5.89 Å². The molecule has 2 aliphatic rings. The molecule has 0 radical (unpaired) electrons. The van der Waals surface area contributed by atoms with Crippen LogP contribution in [0, 0.1) is 5.92 Å². The lowest BCUT2D eigenvalue weighted by Gasteiger charge is -2.33. The van der Waals surface area contributed by atoms with Gasteiger partial charge >= 0.3 is 7.12 Å². The maximum absolute atomic E-state index is 6.02. The summed E-state index contributed by atoms with van der Waals surface area (Å²) in [7, 11) is -0.112. The Morgan fingerprint density at radius 1 is 1.20 bits per heavy atom. The fourth-order valence-electron chi connectivity index (χ4n) is 2.88. The average Bonchev–Trinajstić information content (AvgIpc) is 2.75. The molecule has 1 saturated heterocycles. The quantitative estimate of drug-likeness (QED) is 0.854. The Labute approximate surface area is 119 Å². The van der Waals surface area contributed by atoms with Gasteiger partial charge < -0.3 is 19.6 Å². The highest BCUT2D eigenvalue weighted by Gasteiger charge is 2.52. The van der Waals surface area contributed by atoms with E-state index in [0.717, 1.165) is 19.2 Å². The second-order valence-electron chi connectivity index (χ2n) is 6.95. The van der Waals surface area contributed by atoms with Gasteiger partial charge in [-0.05, 0) is 57.9 Å². The number of rotatable bonds is 3. The minimum absolute atomic E-state index is 0.112. The Balaban J connectivity index is 1.50. The molecule has 7 heteroatoms. The molecule has 1 aromatic heterocycles. The zero-order chi connectivity index (χ0) is 14.5. The minimum Gasteiger partial charge on any atom is -0.403 e. The predicted octanol–water partition coefficient (Wildman–Crippen LogP) is 2.24. The van der Waals surface area contributed by atoms with E-state index in [1.165, 1.54) is 0 Å². The normalized spacial score (nSPS) is 31.3. The molecule has 1 aliphatic carbocycles. The Morgan fingerprint density at radius 3 is 2.30 bits per heavy atom. The number of hydrogen-bond acceptors (Lipinski definition) is 6. The van der Waals surface area contributed by atoms with Gasteiger partial charge in [0.15, 0.2) is 0 Å². The van der Waals surface area contributed by atoms with Gasteiger partial charge in [0.1, 0.15) is 0 Å². The Hall–Kier alpha value is -1.08. The molecule has 3 rings (SSSR count). The van der Waals surface area contributed by atoms with E-state index in [0.29, 0.717) is 17.7 Å². The first-order valence-electron chi connectivity index (χ1n) is 7.21. The van der Waals surface area contributed by atoms with Crippen molar-refractivity contribution in [1.29, 1.82) is 0 Å². The van der Waals surface area contributed by atoms with Gasteiger partial charge in [0.05, 0.1) is 11.2 Å². The van der Waals surface area contributed by atoms with Crippen molar-refractivity contribution in [2.45, 2.75) is 64.0 Å². The fourth-order valence-corrected chi connectivity index (χ4v) is 2.88. The monoisotopic (exact) mass is 279 g/mol. The lowest BCUT2D eigenvalue weighted by Crippen LogP contribution is -2.41. The van der Waals surface area contributed by atoms with Crippen LogP contribution in [-0.4, -0.2) is 28.5 Å². The zero-order valence-corrected chi connectivity index (χ0v) is 12.5. The van der Waals surface area contributed by atoms with Crippen molar-refractivity contribution in [3.05, 3.63) is 5.89 Å². The van der Waals surface area contributed by atoms with Crippen LogP contribution in [0.25, 0.3) is 0 Å².